The smallest absolute Gasteiger partial charge is 0.313 e. The molecule has 0 saturated carbocycles. The van der Waals surface area contributed by atoms with Crippen LogP contribution in [0.25, 0.3) is 0 Å². The highest BCUT2D eigenvalue weighted by Gasteiger charge is 2.33. The van der Waals surface area contributed by atoms with E-state index < -0.39 is 24.8 Å². The van der Waals surface area contributed by atoms with Crippen molar-refractivity contribution in [1.82, 2.24) is 0 Å². The minimum Gasteiger partial charge on any atom is -0.313 e. The van der Waals surface area contributed by atoms with Crippen LogP contribution in [-0.2, 0) is 20.0 Å². The van der Waals surface area contributed by atoms with Crippen LogP contribution in [-0.4, -0.2) is 36.0 Å². The van der Waals surface area contributed by atoms with E-state index in [-0.39, 0.29) is 0 Å². The van der Waals surface area contributed by atoms with Gasteiger partial charge < -0.3 is 13.6 Å². The van der Waals surface area contributed by atoms with E-state index in [0.717, 1.165) is 18.5 Å². The minimum absolute atomic E-state index is 0.563. The van der Waals surface area contributed by atoms with E-state index >= 15 is 0 Å². The average Bonchev–Trinajstić information content (AvgIpc) is 3.10. The van der Waals surface area contributed by atoms with Gasteiger partial charge in [0, 0.05) is 0 Å². The van der Waals surface area contributed by atoms with Crippen LogP contribution in [0, 0.1) is 0 Å². The molecule has 0 aliphatic rings. The summed E-state index contributed by atoms with van der Waals surface area (Å²) in [5.41, 5.74) is 1.25. The van der Waals surface area contributed by atoms with Crippen molar-refractivity contribution >= 4 is 45.5 Å². The van der Waals surface area contributed by atoms with E-state index in [1.807, 2.05) is 6.07 Å². The molecule has 0 aliphatic carbocycles. The molecule has 0 N–H and O–H groups in total. The molecule has 0 unspecified atom stereocenters. The Bertz CT molecular complexity index is 1330. The predicted octanol–water partition coefficient (Wildman–Crippen LogP) is 7.29. The van der Waals surface area contributed by atoms with Crippen LogP contribution in [0.15, 0.2) is 152 Å². The molecular weight excluding hydrogens is 592 g/mol. The van der Waals surface area contributed by atoms with Gasteiger partial charge in [-0.3, -0.25) is 0 Å². The van der Waals surface area contributed by atoms with E-state index in [2.05, 4.69) is 159 Å². The lowest BCUT2D eigenvalue weighted by Gasteiger charge is -2.30. The Morgan fingerprint density at radius 3 is 1.05 bits per heavy atom. The van der Waals surface area contributed by atoms with Crippen molar-refractivity contribution in [3.63, 3.8) is 0 Å². The maximum atomic E-state index is 6.52. The second kappa shape index (κ2) is 16.2. The first-order valence-corrected chi connectivity index (χ1v) is 22.0. The Morgan fingerprint density at radius 2 is 0.705 bits per heavy atom. The van der Waals surface area contributed by atoms with E-state index in [1.54, 1.807) is 0 Å². The van der Waals surface area contributed by atoms with Gasteiger partial charge >= 0.3 is 8.60 Å². The molecule has 3 nitrogen and oxygen atoms in total. The summed E-state index contributed by atoms with van der Waals surface area (Å²) >= 11 is 0. The molecule has 0 radical (unpaired) electrons. The molecule has 5 aromatic rings. The fraction of sp³-hybridized carbons (Fsp3) is 0.211. The van der Waals surface area contributed by atoms with Crippen LogP contribution in [0.2, 0.25) is 25.2 Å². The predicted molar refractivity (Wildman–Crippen MR) is 192 cm³/mol. The van der Waals surface area contributed by atoms with E-state index in [0.29, 0.717) is 19.8 Å². The molecule has 0 atom stereocenters. The van der Waals surface area contributed by atoms with Crippen molar-refractivity contribution in [2.75, 3.05) is 19.8 Å². The zero-order valence-electron chi connectivity index (χ0n) is 25.8. The van der Waals surface area contributed by atoms with E-state index in [9.17, 15) is 0 Å². The Labute approximate surface area is 266 Å². The maximum Gasteiger partial charge on any atom is 0.332 e. The molecule has 0 fully saturated rings. The second-order valence-electron chi connectivity index (χ2n) is 11.6. The van der Waals surface area contributed by atoms with Gasteiger partial charge in [-0.2, -0.15) is 0 Å². The zero-order chi connectivity index (χ0) is 30.5. The standard InChI is InChI=1S/C38H43O3PSi2/c1-43(35-20-10-4-11-21-35,36-22-12-5-13-23-36)32-30-40-42(39-29-28-34-18-8-3-9-19-34)41-31-33-44(2,37-24-14-6-15-25-37)38-26-16-7-17-27-38/h3-27H,28-33H2,1-2H3. The largest absolute Gasteiger partial charge is 0.332 e. The van der Waals surface area contributed by atoms with Crippen LogP contribution in [0.5, 0.6) is 0 Å². The first-order valence-electron chi connectivity index (χ1n) is 15.5. The molecule has 226 valence electrons. The monoisotopic (exact) mass is 634 g/mol. The van der Waals surface area contributed by atoms with Crippen molar-refractivity contribution in [3.8, 4) is 0 Å². The third-order valence-corrected chi connectivity index (χ3v) is 18.7. The van der Waals surface area contributed by atoms with Crippen molar-refractivity contribution < 1.29 is 13.6 Å². The summed E-state index contributed by atoms with van der Waals surface area (Å²) in [6.07, 6.45) is 0.827. The van der Waals surface area contributed by atoms with Crippen LogP contribution in [0.4, 0.5) is 0 Å². The summed E-state index contributed by atoms with van der Waals surface area (Å²) in [5, 5.41) is 5.66. The fourth-order valence-corrected chi connectivity index (χ4v) is 13.6. The van der Waals surface area contributed by atoms with Gasteiger partial charge in [-0.05, 0) is 24.1 Å². The minimum atomic E-state index is -2.02. The fourth-order valence-electron chi connectivity index (χ4n) is 5.78. The number of hydrogen-bond donors (Lipinski definition) is 0. The molecule has 5 aromatic carbocycles. The molecule has 0 aromatic heterocycles. The molecule has 44 heavy (non-hydrogen) atoms. The summed E-state index contributed by atoms with van der Waals surface area (Å²) in [7, 11) is -5.54. The molecule has 0 heterocycles. The van der Waals surface area contributed by atoms with E-state index in [1.165, 1.54) is 26.3 Å². The molecule has 5 rings (SSSR count). The lowest BCUT2D eigenvalue weighted by Crippen LogP contribution is -2.56. The third-order valence-electron chi connectivity index (χ3n) is 8.67. The van der Waals surface area contributed by atoms with Crippen molar-refractivity contribution in [3.05, 3.63) is 157 Å². The molecule has 0 saturated heterocycles. The Hall–Kier alpha value is -3.16. The van der Waals surface area contributed by atoms with Crippen LogP contribution < -0.4 is 20.7 Å². The first kappa shape index (κ1) is 32.2. The van der Waals surface area contributed by atoms with Crippen LogP contribution in [0.1, 0.15) is 5.56 Å². The molecular formula is C38H43O3PSi2. The summed E-state index contributed by atoms with van der Waals surface area (Å²) in [6, 6.07) is 56.1. The average molecular weight is 635 g/mol. The summed E-state index contributed by atoms with van der Waals surface area (Å²) in [5.74, 6) is 0. The Kier molecular flexibility index (Phi) is 11.9. The zero-order valence-corrected chi connectivity index (χ0v) is 28.7. The van der Waals surface area contributed by atoms with Gasteiger partial charge in [0.2, 0.25) is 0 Å². The van der Waals surface area contributed by atoms with Crippen LogP contribution >= 0.6 is 8.60 Å². The third kappa shape index (κ3) is 8.51. The SMILES string of the molecule is C[Si](CCOP(OCCc1ccccc1)OCC[Si](C)(c1ccccc1)c1ccccc1)(c1ccccc1)c1ccccc1. The maximum absolute atomic E-state index is 6.52. The summed E-state index contributed by atoms with van der Waals surface area (Å²) in [4.78, 5) is 0. The van der Waals surface area contributed by atoms with E-state index in [4.69, 9.17) is 13.6 Å². The topological polar surface area (TPSA) is 27.7 Å². The summed E-state index contributed by atoms with van der Waals surface area (Å²) < 4.78 is 19.4. The molecule has 0 bridgehead atoms. The van der Waals surface area contributed by atoms with Crippen molar-refractivity contribution in [2.24, 2.45) is 0 Å². The molecule has 6 heteroatoms. The number of benzene rings is 5. The number of rotatable bonds is 16. The molecule has 0 spiro atoms. The Morgan fingerprint density at radius 1 is 0.409 bits per heavy atom. The van der Waals surface area contributed by atoms with Gasteiger partial charge in [-0.15, -0.1) is 0 Å². The van der Waals surface area contributed by atoms with Gasteiger partial charge in [-0.1, -0.05) is 186 Å². The second-order valence-corrected chi connectivity index (χ2v) is 21.4. The van der Waals surface area contributed by atoms with Crippen molar-refractivity contribution in [1.29, 1.82) is 0 Å². The highest BCUT2D eigenvalue weighted by molar-refractivity contribution is 7.41. The normalized spacial score (nSPS) is 12.0. The Balaban J connectivity index is 1.28. The summed E-state index contributed by atoms with van der Waals surface area (Å²) in [6.45, 7) is 6.63. The van der Waals surface area contributed by atoms with Gasteiger partial charge in [-0.25, -0.2) is 0 Å². The van der Waals surface area contributed by atoms with Gasteiger partial charge in [0.05, 0.1) is 19.8 Å². The van der Waals surface area contributed by atoms with Gasteiger partial charge in [0.1, 0.15) is 16.1 Å². The molecule has 0 amide bonds. The first-order chi connectivity index (χ1) is 21.6. The lowest BCUT2D eigenvalue weighted by molar-refractivity contribution is 0.171. The lowest BCUT2D eigenvalue weighted by atomic mass is 10.2. The quantitative estimate of drug-likeness (QED) is 0.0843. The number of hydrogen-bond acceptors (Lipinski definition) is 3. The van der Waals surface area contributed by atoms with Crippen molar-refractivity contribution in [2.45, 2.75) is 31.6 Å². The molecule has 0 aliphatic heterocycles. The van der Waals surface area contributed by atoms with Gasteiger partial charge in [0.25, 0.3) is 0 Å². The van der Waals surface area contributed by atoms with Gasteiger partial charge in [0.15, 0.2) is 0 Å². The highest BCUT2D eigenvalue weighted by Crippen LogP contribution is 2.41. The highest BCUT2D eigenvalue weighted by atomic mass is 31.2. The van der Waals surface area contributed by atoms with Crippen LogP contribution in [0.3, 0.4) is 0 Å².